The monoisotopic (exact) mass is 201 g/mol. The van der Waals surface area contributed by atoms with Gasteiger partial charge in [0, 0.05) is 31.1 Å². The van der Waals surface area contributed by atoms with Gasteiger partial charge in [0.15, 0.2) is 0 Å². The van der Waals surface area contributed by atoms with Crippen molar-refractivity contribution >= 4 is 12.6 Å². The van der Waals surface area contributed by atoms with Crippen LogP contribution in [0.25, 0.3) is 0 Å². The Labute approximate surface area is 86.0 Å². The van der Waals surface area contributed by atoms with Crippen molar-refractivity contribution in [1.29, 1.82) is 0 Å². The van der Waals surface area contributed by atoms with E-state index >= 15 is 0 Å². The lowest BCUT2D eigenvalue weighted by Gasteiger charge is -2.38. The zero-order valence-corrected chi connectivity index (χ0v) is 9.01. The third kappa shape index (κ3) is 2.61. The topological polar surface area (TPSA) is 12.5 Å². The van der Waals surface area contributed by atoms with Crippen LogP contribution >= 0.6 is 12.6 Å². The van der Waals surface area contributed by atoms with Crippen molar-refractivity contribution in [1.82, 2.24) is 4.90 Å². The van der Waals surface area contributed by atoms with Gasteiger partial charge < -0.3 is 4.74 Å². The molecule has 2 heterocycles. The maximum absolute atomic E-state index is 5.37. The van der Waals surface area contributed by atoms with Crippen LogP contribution in [0.4, 0.5) is 0 Å². The van der Waals surface area contributed by atoms with Gasteiger partial charge in [-0.2, -0.15) is 12.6 Å². The molecule has 0 radical (unpaired) electrons. The number of likely N-dealkylation sites (tertiary alicyclic amines) is 1. The van der Waals surface area contributed by atoms with E-state index in [1.165, 1.54) is 38.8 Å². The summed E-state index contributed by atoms with van der Waals surface area (Å²) in [6, 6.07) is 0.781. The fraction of sp³-hybridized carbons (Fsp3) is 1.00. The number of hydrogen-bond acceptors (Lipinski definition) is 3. The van der Waals surface area contributed by atoms with Gasteiger partial charge in [0.1, 0.15) is 0 Å². The van der Waals surface area contributed by atoms with Crippen molar-refractivity contribution in [2.45, 2.75) is 37.0 Å². The van der Waals surface area contributed by atoms with Crippen molar-refractivity contribution in [3.8, 4) is 0 Å². The molecule has 2 saturated heterocycles. The highest BCUT2D eigenvalue weighted by Crippen LogP contribution is 2.21. The van der Waals surface area contributed by atoms with Gasteiger partial charge in [0.25, 0.3) is 0 Å². The maximum Gasteiger partial charge on any atom is 0.0480 e. The first-order chi connectivity index (χ1) is 6.36. The summed E-state index contributed by atoms with van der Waals surface area (Å²) in [7, 11) is 0. The van der Waals surface area contributed by atoms with Gasteiger partial charge in [-0.3, -0.25) is 4.90 Å². The molecule has 0 spiro atoms. The van der Waals surface area contributed by atoms with Gasteiger partial charge in [-0.05, 0) is 32.2 Å². The number of rotatable bonds is 1. The molecule has 2 aliphatic heterocycles. The Balaban J connectivity index is 1.83. The molecular formula is C10H19NOS. The lowest BCUT2D eigenvalue weighted by Crippen LogP contribution is -2.45. The lowest BCUT2D eigenvalue weighted by atomic mass is 10.0. The maximum atomic E-state index is 5.37. The summed E-state index contributed by atoms with van der Waals surface area (Å²) < 4.78 is 5.37. The Hall–Kier alpha value is 0.270. The van der Waals surface area contributed by atoms with Gasteiger partial charge in [0.2, 0.25) is 0 Å². The van der Waals surface area contributed by atoms with Crippen molar-refractivity contribution < 1.29 is 4.74 Å². The third-order valence-corrected chi connectivity index (χ3v) is 3.56. The molecule has 0 aromatic rings. The molecule has 0 aromatic heterocycles. The number of nitrogens with zero attached hydrogens (tertiary/aromatic N) is 1. The van der Waals surface area contributed by atoms with Crippen LogP contribution < -0.4 is 0 Å². The van der Waals surface area contributed by atoms with Crippen LogP contribution in [0.15, 0.2) is 0 Å². The van der Waals surface area contributed by atoms with Crippen LogP contribution in [0.5, 0.6) is 0 Å². The average Bonchev–Trinajstić information content (AvgIpc) is 2.19. The highest BCUT2D eigenvalue weighted by molar-refractivity contribution is 7.81. The molecule has 0 aromatic carbocycles. The van der Waals surface area contributed by atoms with Crippen LogP contribution in [-0.4, -0.2) is 42.5 Å². The highest BCUT2D eigenvalue weighted by Gasteiger charge is 2.25. The molecule has 1 unspecified atom stereocenters. The minimum atomic E-state index is 0.608. The van der Waals surface area contributed by atoms with Crippen LogP contribution in [0.3, 0.4) is 0 Å². The quantitative estimate of drug-likeness (QED) is 0.646. The first-order valence-electron chi connectivity index (χ1n) is 5.36. The van der Waals surface area contributed by atoms with E-state index in [0.717, 1.165) is 19.3 Å². The molecule has 76 valence electrons. The normalized spacial score (nSPS) is 33.5. The highest BCUT2D eigenvalue weighted by atomic mass is 32.1. The largest absolute Gasteiger partial charge is 0.381 e. The fourth-order valence-electron chi connectivity index (χ4n) is 2.37. The predicted octanol–water partition coefficient (Wildman–Crippen LogP) is 1.56. The standard InChI is InChI=1S/C10H19NOS/c13-10-2-1-5-11(8-10)9-3-6-12-7-4-9/h9-10,13H,1-8H2. The van der Waals surface area contributed by atoms with E-state index in [9.17, 15) is 0 Å². The minimum absolute atomic E-state index is 0.608. The fourth-order valence-corrected chi connectivity index (χ4v) is 2.76. The SMILES string of the molecule is SC1CCCN(C2CCOCC2)C1. The van der Waals surface area contributed by atoms with Crippen molar-refractivity contribution in [2.24, 2.45) is 0 Å². The first-order valence-corrected chi connectivity index (χ1v) is 5.88. The van der Waals surface area contributed by atoms with E-state index in [1.54, 1.807) is 0 Å². The minimum Gasteiger partial charge on any atom is -0.381 e. The molecule has 13 heavy (non-hydrogen) atoms. The van der Waals surface area contributed by atoms with Crippen LogP contribution in [0, 0.1) is 0 Å². The molecule has 1 atom stereocenters. The molecule has 2 fully saturated rings. The molecule has 3 heteroatoms. The first kappa shape index (κ1) is 9.81. The molecule has 0 amide bonds. The van der Waals surface area contributed by atoms with Crippen molar-refractivity contribution in [2.75, 3.05) is 26.3 Å². The summed E-state index contributed by atoms with van der Waals surface area (Å²) in [5.74, 6) is 0. The Morgan fingerprint density at radius 1 is 1.15 bits per heavy atom. The second-order valence-corrected chi connectivity index (χ2v) is 4.86. The summed E-state index contributed by atoms with van der Waals surface area (Å²) in [5, 5.41) is 0.608. The number of ether oxygens (including phenoxy) is 1. The average molecular weight is 201 g/mol. The van der Waals surface area contributed by atoms with E-state index in [-0.39, 0.29) is 0 Å². The third-order valence-electron chi connectivity index (χ3n) is 3.14. The second-order valence-electron chi connectivity index (χ2n) is 4.13. The van der Waals surface area contributed by atoms with E-state index in [4.69, 9.17) is 4.74 Å². The van der Waals surface area contributed by atoms with E-state index in [0.29, 0.717) is 5.25 Å². The van der Waals surface area contributed by atoms with Crippen molar-refractivity contribution in [3.63, 3.8) is 0 Å². The zero-order valence-electron chi connectivity index (χ0n) is 8.11. The molecule has 0 saturated carbocycles. The Kier molecular flexibility index (Phi) is 3.52. The summed E-state index contributed by atoms with van der Waals surface area (Å²) in [6.07, 6.45) is 5.06. The number of hydrogen-bond donors (Lipinski definition) is 1. The Morgan fingerprint density at radius 3 is 2.62 bits per heavy atom. The molecule has 2 aliphatic rings. The molecule has 0 bridgehead atoms. The number of thiol groups is 1. The Bertz CT molecular complexity index is 159. The molecule has 2 rings (SSSR count). The van der Waals surface area contributed by atoms with Gasteiger partial charge in [-0.25, -0.2) is 0 Å². The van der Waals surface area contributed by atoms with Gasteiger partial charge in [0.05, 0.1) is 0 Å². The zero-order chi connectivity index (χ0) is 9.10. The lowest BCUT2D eigenvalue weighted by molar-refractivity contribution is 0.0284. The van der Waals surface area contributed by atoms with Gasteiger partial charge in [-0.1, -0.05) is 0 Å². The molecule has 0 aliphatic carbocycles. The van der Waals surface area contributed by atoms with Gasteiger partial charge in [-0.15, -0.1) is 0 Å². The van der Waals surface area contributed by atoms with E-state index < -0.39 is 0 Å². The van der Waals surface area contributed by atoms with E-state index in [1.807, 2.05) is 0 Å². The van der Waals surface area contributed by atoms with E-state index in [2.05, 4.69) is 17.5 Å². The second kappa shape index (κ2) is 4.67. The van der Waals surface area contributed by atoms with Crippen LogP contribution in [0.2, 0.25) is 0 Å². The van der Waals surface area contributed by atoms with Crippen LogP contribution in [-0.2, 0) is 4.74 Å². The van der Waals surface area contributed by atoms with Crippen LogP contribution in [0.1, 0.15) is 25.7 Å². The molecule has 2 nitrogen and oxygen atoms in total. The summed E-state index contributed by atoms with van der Waals surface area (Å²) in [6.45, 7) is 4.38. The van der Waals surface area contributed by atoms with Crippen molar-refractivity contribution in [3.05, 3.63) is 0 Å². The number of piperidine rings is 1. The summed E-state index contributed by atoms with van der Waals surface area (Å²) in [4.78, 5) is 2.61. The molecular weight excluding hydrogens is 182 g/mol. The summed E-state index contributed by atoms with van der Waals surface area (Å²) >= 11 is 4.57. The Morgan fingerprint density at radius 2 is 1.92 bits per heavy atom. The predicted molar refractivity (Wildman–Crippen MR) is 57.4 cm³/mol. The smallest absolute Gasteiger partial charge is 0.0480 e. The summed E-state index contributed by atoms with van der Waals surface area (Å²) in [5.41, 5.74) is 0. The van der Waals surface area contributed by atoms with Gasteiger partial charge >= 0.3 is 0 Å². The molecule has 0 N–H and O–H groups in total.